The van der Waals surface area contributed by atoms with Crippen molar-refractivity contribution in [2.75, 3.05) is 32.1 Å². The molecule has 0 aromatic heterocycles. The molecular weight excluding hydrogens is 244 g/mol. The first-order chi connectivity index (χ1) is 8.69. The van der Waals surface area contributed by atoms with Crippen LogP contribution in [0.1, 0.15) is 15.9 Å². The lowest BCUT2D eigenvalue weighted by atomic mass is 10.1. The molecule has 0 bridgehead atoms. The van der Waals surface area contributed by atoms with E-state index < -0.39 is 0 Å². The van der Waals surface area contributed by atoms with Crippen molar-refractivity contribution < 1.29 is 4.79 Å². The minimum absolute atomic E-state index is 0.0439. The van der Waals surface area contributed by atoms with Crippen LogP contribution in [-0.4, -0.2) is 43.0 Å². The van der Waals surface area contributed by atoms with Crippen LogP contribution in [0.5, 0.6) is 0 Å². The Bertz CT molecular complexity index is 445. The minimum atomic E-state index is 0.0439. The second kappa shape index (κ2) is 7.80. The summed E-state index contributed by atoms with van der Waals surface area (Å²) in [4.78, 5) is 13.8. The molecule has 0 saturated carbocycles. The molecule has 2 N–H and O–H groups in total. The van der Waals surface area contributed by atoms with E-state index in [1.165, 1.54) is 0 Å². The minimum Gasteiger partial charge on any atom is -0.341 e. The van der Waals surface area contributed by atoms with Crippen LogP contribution in [0, 0.1) is 11.8 Å². The summed E-state index contributed by atoms with van der Waals surface area (Å²) in [5.74, 6) is 6.70. The number of hydrogen-bond donors (Lipinski definition) is 1. The summed E-state index contributed by atoms with van der Waals surface area (Å²) in [5, 5.41) is 0. The molecule has 0 fully saturated rings. The third kappa shape index (κ3) is 4.44. The van der Waals surface area contributed by atoms with Gasteiger partial charge in [0.2, 0.25) is 0 Å². The highest BCUT2D eigenvalue weighted by Crippen LogP contribution is 2.07. The third-order valence-electron chi connectivity index (χ3n) is 2.44. The summed E-state index contributed by atoms with van der Waals surface area (Å²) in [5.41, 5.74) is 6.87. The summed E-state index contributed by atoms with van der Waals surface area (Å²) in [7, 11) is 1.82. The molecular formula is C14H18N2OS. The summed E-state index contributed by atoms with van der Waals surface area (Å²) < 4.78 is 0. The molecule has 1 aromatic rings. The molecule has 18 heavy (non-hydrogen) atoms. The average Bonchev–Trinajstić information content (AvgIpc) is 2.42. The highest BCUT2D eigenvalue weighted by molar-refractivity contribution is 7.98. The maximum atomic E-state index is 12.0. The van der Waals surface area contributed by atoms with Gasteiger partial charge in [0.25, 0.3) is 5.91 Å². The Labute approximate surface area is 113 Å². The van der Waals surface area contributed by atoms with Crippen molar-refractivity contribution in [1.82, 2.24) is 4.90 Å². The lowest BCUT2D eigenvalue weighted by molar-refractivity contribution is 0.0804. The van der Waals surface area contributed by atoms with Gasteiger partial charge in [0, 0.05) is 30.5 Å². The molecule has 1 amide bonds. The van der Waals surface area contributed by atoms with Crippen LogP contribution in [0.15, 0.2) is 24.3 Å². The smallest absolute Gasteiger partial charge is 0.253 e. The van der Waals surface area contributed by atoms with E-state index >= 15 is 0 Å². The quantitative estimate of drug-likeness (QED) is 0.835. The number of carbonyl (C=O) groups excluding carboxylic acids is 1. The van der Waals surface area contributed by atoms with Crippen LogP contribution in [-0.2, 0) is 0 Å². The van der Waals surface area contributed by atoms with Gasteiger partial charge in [0.1, 0.15) is 0 Å². The summed E-state index contributed by atoms with van der Waals surface area (Å²) in [6, 6.07) is 7.30. The van der Waals surface area contributed by atoms with Crippen LogP contribution in [0.2, 0.25) is 0 Å². The van der Waals surface area contributed by atoms with Crippen LogP contribution in [0.25, 0.3) is 0 Å². The molecule has 0 spiro atoms. The Morgan fingerprint density at radius 2 is 2.06 bits per heavy atom. The van der Waals surface area contributed by atoms with Gasteiger partial charge in [-0.1, -0.05) is 11.8 Å². The van der Waals surface area contributed by atoms with E-state index in [4.69, 9.17) is 5.73 Å². The van der Waals surface area contributed by atoms with Crippen molar-refractivity contribution in [3.63, 3.8) is 0 Å². The van der Waals surface area contributed by atoms with Gasteiger partial charge in [-0.05, 0) is 30.5 Å². The Hall–Kier alpha value is -1.44. The van der Waals surface area contributed by atoms with Crippen LogP contribution in [0.4, 0.5) is 0 Å². The molecule has 0 saturated heterocycles. The van der Waals surface area contributed by atoms with Gasteiger partial charge in [0.05, 0.1) is 6.54 Å². The summed E-state index contributed by atoms with van der Waals surface area (Å²) >= 11 is 1.73. The number of nitrogens with two attached hydrogens (primary N) is 1. The van der Waals surface area contributed by atoms with Gasteiger partial charge >= 0.3 is 0 Å². The molecule has 0 heterocycles. The van der Waals surface area contributed by atoms with E-state index in [1.807, 2.05) is 25.4 Å². The number of amides is 1. The standard InChI is InChI=1S/C14H18N2OS/c1-16(10-11-18-2)14(17)13-7-5-12(6-8-13)4-3-9-15/h5-8H,9-11,15H2,1-2H3. The van der Waals surface area contributed by atoms with E-state index in [0.29, 0.717) is 12.1 Å². The number of thioether (sulfide) groups is 1. The monoisotopic (exact) mass is 262 g/mol. The molecule has 4 heteroatoms. The van der Waals surface area contributed by atoms with E-state index in [2.05, 4.69) is 11.8 Å². The normalized spacial score (nSPS) is 9.50. The molecule has 0 aliphatic rings. The first-order valence-electron chi connectivity index (χ1n) is 5.72. The summed E-state index contributed by atoms with van der Waals surface area (Å²) in [6.45, 7) is 1.10. The first-order valence-corrected chi connectivity index (χ1v) is 7.12. The molecule has 0 aliphatic carbocycles. The SMILES string of the molecule is CSCCN(C)C(=O)c1ccc(C#CCN)cc1. The highest BCUT2D eigenvalue weighted by atomic mass is 32.2. The summed E-state index contributed by atoms with van der Waals surface area (Å²) in [6.07, 6.45) is 2.03. The molecule has 0 atom stereocenters. The van der Waals surface area contributed by atoms with Gasteiger partial charge in [-0.2, -0.15) is 11.8 Å². The second-order valence-electron chi connectivity index (χ2n) is 3.80. The first kappa shape index (κ1) is 14.6. The van der Waals surface area contributed by atoms with Crippen molar-refractivity contribution in [3.8, 4) is 11.8 Å². The zero-order valence-electron chi connectivity index (χ0n) is 10.8. The molecule has 0 radical (unpaired) electrons. The second-order valence-corrected chi connectivity index (χ2v) is 4.79. The highest BCUT2D eigenvalue weighted by Gasteiger charge is 2.10. The van der Waals surface area contributed by atoms with Gasteiger partial charge in [-0.3, -0.25) is 4.79 Å². The topological polar surface area (TPSA) is 46.3 Å². The maximum absolute atomic E-state index is 12.0. The Balaban J connectivity index is 2.69. The van der Waals surface area contributed by atoms with E-state index in [0.717, 1.165) is 17.9 Å². The van der Waals surface area contributed by atoms with Crippen LogP contribution >= 0.6 is 11.8 Å². The zero-order valence-corrected chi connectivity index (χ0v) is 11.6. The molecule has 0 unspecified atom stereocenters. The van der Waals surface area contributed by atoms with Crippen molar-refractivity contribution in [2.24, 2.45) is 5.73 Å². The largest absolute Gasteiger partial charge is 0.341 e. The van der Waals surface area contributed by atoms with Crippen molar-refractivity contribution in [1.29, 1.82) is 0 Å². The number of benzene rings is 1. The van der Waals surface area contributed by atoms with Crippen molar-refractivity contribution in [3.05, 3.63) is 35.4 Å². The lowest BCUT2D eigenvalue weighted by Crippen LogP contribution is -2.28. The molecule has 96 valence electrons. The van der Waals surface area contributed by atoms with Gasteiger partial charge < -0.3 is 10.6 Å². The number of carbonyl (C=O) groups is 1. The van der Waals surface area contributed by atoms with Crippen molar-refractivity contribution in [2.45, 2.75) is 0 Å². The lowest BCUT2D eigenvalue weighted by Gasteiger charge is -2.16. The van der Waals surface area contributed by atoms with Gasteiger partial charge in [0.15, 0.2) is 0 Å². The molecule has 1 rings (SSSR count). The van der Waals surface area contributed by atoms with E-state index in [1.54, 1.807) is 28.8 Å². The fourth-order valence-corrected chi connectivity index (χ4v) is 1.86. The van der Waals surface area contributed by atoms with Gasteiger partial charge in [-0.15, -0.1) is 0 Å². The van der Waals surface area contributed by atoms with Crippen LogP contribution < -0.4 is 5.73 Å². The third-order valence-corrected chi connectivity index (χ3v) is 3.03. The molecule has 1 aromatic carbocycles. The number of hydrogen-bond acceptors (Lipinski definition) is 3. The molecule has 0 aliphatic heterocycles. The van der Waals surface area contributed by atoms with Crippen LogP contribution in [0.3, 0.4) is 0 Å². The Morgan fingerprint density at radius 1 is 1.39 bits per heavy atom. The predicted octanol–water partition coefficient (Wildman–Crippen LogP) is 1.43. The van der Waals surface area contributed by atoms with E-state index in [9.17, 15) is 4.79 Å². The van der Waals surface area contributed by atoms with Gasteiger partial charge in [-0.25, -0.2) is 0 Å². The Kier molecular flexibility index (Phi) is 6.34. The maximum Gasteiger partial charge on any atom is 0.253 e. The number of rotatable bonds is 4. The number of nitrogens with zero attached hydrogens (tertiary/aromatic N) is 1. The molecule has 3 nitrogen and oxygen atoms in total. The fraction of sp³-hybridized carbons (Fsp3) is 0.357. The van der Waals surface area contributed by atoms with Crippen molar-refractivity contribution >= 4 is 17.7 Å². The van der Waals surface area contributed by atoms with E-state index in [-0.39, 0.29) is 5.91 Å². The predicted molar refractivity (Wildman–Crippen MR) is 77.7 cm³/mol. The fourth-order valence-electron chi connectivity index (χ4n) is 1.40. The average molecular weight is 262 g/mol. The zero-order chi connectivity index (χ0) is 13.4. The Morgan fingerprint density at radius 3 is 2.61 bits per heavy atom.